The minimum atomic E-state index is -0.413. The van der Waals surface area contributed by atoms with E-state index in [2.05, 4.69) is 15.3 Å². The Kier molecular flexibility index (Phi) is 4.30. The second-order valence-corrected chi connectivity index (χ2v) is 4.29. The summed E-state index contributed by atoms with van der Waals surface area (Å²) in [5, 5.41) is 3.14. The van der Waals surface area contributed by atoms with Crippen molar-refractivity contribution in [3.8, 4) is 0 Å². The van der Waals surface area contributed by atoms with E-state index in [-0.39, 0.29) is 0 Å². The highest BCUT2D eigenvalue weighted by molar-refractivity contribution is 5.96. The van der Waals surface area contributed by atoms with E-state index in [0.29, 0.717) is 29.5 Å². The molecule has 2 rings (SSSR count). The fourth-order valence-electron chi connectivity index (χ4n) is 1.91. The fraction of sp³-hybridized carbons (Fsp3) is 0.267. The van der Waals surface area contributed by atoms with Crippen LogP contribution in [0.1, 0.15) is 28.8 Å². The number of benzene rings is 1. The first kappa shape index (κ1) is 14.0. The molecule has 2 aromatic rings. The zero-order valence-electron chi connectivity index (χ0n) is 11.8. The van der Waals surface area contributed by atoms with Gasteiger partial charge < -0.3 is 10.1 Å². The number of carbonyl (C=O) groups is 1. The molecule has 0 aliphatic carbocycles. The van der Waals surface area contributed by atoms with Crippen LogP contribution < -0.4 is 5.32 Å². The summed E-state index contributed by atoms with van der Waals surface area (Å²) in [7, 11) is 0. The molecule has 5 heteroatoms. The van der Waals surface area contributed by atoms with Crippen LogP contribution in [0.4, 0.5) is 11.5 Å². The second kappa shape index (κ2) is 6.14. The van der Waals surface area contributed by atoms with E-state index >= 15 is 0 Å². The molecule has 0 amide bonds. The number of aryl methyl sites for hydroxylation is 2. The molecule has 20 heavy (non-hydrogen) atoms. The van der Waals surface area contributed by atoms with Gasteiger partial charge in [0.05, 0.1) is 12.3 Å². The Morgan fingerprint density at radius 1 is 1.20 bits per heavy atom. The van der Waals surface area contributed by atoms with Crippen molar-refractivity contribution < 1.29 is 9.53 Å². The van der Waals surface area contributed by atoms with E-state index in [4.69, 9.17) is 4.74 Å². The monoisotopic (exact) mass is 271 g/mol. The van der Waals surface area contributed by atoms with Crippen LogP contribution in [0.3, 0.4) is 0 Å². The number of aromatic nitrogens is 2. The van der Waals surface area contributed by atoms with Crippen LogP contribution in [0.15, 0.2) is 30.3 Å². The molecule has 0 fully saturated rings. The maximum Gasteiger partial charge on any atom is 0.343 e. The fourth-order valence-corrected chi connectivity index (χ4v) is 1.91. The zero-order chi connectivity index (χ0) is 14.5. The number of anilines is 2. The quantitative estimate of drug-likeness (QED) is 0.866. The molecule has 1 N–H and O–H groups in total. The highest BCUT2D eigenvalue weighted by atomic mass is 16.5. The molecule has 0 unspecified atom stereocenters. The number of rotatable bonds is 4. The van der Waals surface area contributed by atoms with Gasteiger partial charge in [0.1, 0.15) is 17.2 Å². The van der Waals surface area contributed by atoms with Gasteiger partial charge in [-0.3, -0.25) is 0 Å². The van der Waals surface area contributed by atoms with E-state index in [1.165, 1.54) is 0 Å². The maximum absolute atomic E-state index is 12.0. The minimum absolute atomic E-state index is 0.316. The van der Waals surface area contributed by atoms with Crippen molar-refractivity contribution in [1.82, 2.24) is 9.97 Å². The summed E-state index contributed by atoms with van der Waals surface area (Å²) in [6.45, 7) is 5.65. The molecule has 0 bridgehead atoms. The topological polar surface area (TPSA) is 64.1 Å². The van der Waals surface area contributed by atoms with Crippen LogP contribution in [-0.4, -0.2) is 22.5 Å². The van der Waals surface area contributed by atoms with Gasteiger partial charge in [-0.2, -0.15) is 0 Å². The summed E-state index contributed by atoms with van der Waals surface area (Å²) < 4.78 is 5.07. The van der Waals surface area contributed by atoms with Crippen LogP contribution in [0.5, 0.6) is 0 Å². The van der Waals surface area contributed by atoms with Crippen molar-refractivity contribution in [3.05, 3.63) is 47.4 Å². The third-order valence-electron chi connectivity index (χ3n) is 2.72. The van der Waals surface area contributed by atoms with E-state index < -0.39 is 5.97 Å². The van der Waals surface area contributed by atoms with Crippen LogP contribution in [-0.2, 0) is 4.74 Å². The van der Waals surface area contributed by atoms with E-state index in [9.17, 15) is 4.79 Å². The first-order chi connectivity index (χ1) is 9.61. The summed E-state index contributed by atoms with van der Waals surface area (Å²) in [5.41, 5.74) is 1.84. The Morgan fingerprint density at radius 3 is 2.55 bits per heavy atom. The van der Waals surface area contributed by atoms with Crippen molar-refractivity contribution in [2.45, 2.75) is 20.8 Å². The molecule has 0 radical (unpaired) electrons. The van der Waals surface area contributed by atoms with Crippen molar-refractivity contribution in [2.75, 3.05) is 11.9 Å². The van der Waals surface area contributed by atoms with Gasteiger partial charge in [0.2, 0.25) is 0 Å². The average Bonchev–Trinajstić information content (AvgIpc) is 2.39. The molecule has 1 aromatic heterocycles. The molecule has 0 saturated carbocycles. The number of hydrogen-bond acceptors (Lipinski definition) is 5. The van der Waals surface area contributed by atoms with E-state index in [1.807, 2.05) is 30.3 Å². The van der Waals surface area contributed by atoms with E-state index in [1.54, 1.807) is 20.8 Å². The molecule has 5 nitrogen and oxygen atoms in total. The lowest BCUT2D eigenvalue weighted by atomic mass is 10.2. The summed E-state index contributed by atoms with van der Waals surface area (Å²) >= 11 is 0. The largest absolute Gasteiger partial charge is 0.462 e. The Hall–Kier alpha value is -2.43. The van der Waals surface area contributed by atoms with Gasteiger partial charge in [0, 0.05) is 5.69 Å². The van der Waals surface area contributed by atoms with Crippen molar-refractivity contribution in [3.63, 3.8) is 0 Å². The molecule has 1 heterocycles. The van der Waals surface area contributed by atoms with Gasteiger partial charge in [-0.25, -0.2) is 14.8 Å². The van der Waals surface area contributed by atoms with Crippen LogP contribution in [0, 0.1) is 13.8 Å². The van der Waals surface area contributed by atoms with Gasteiger partial charge in [0.25, 0.3) is 0 Å². The normalized spacial score (nSPS) is 10.2. The molecule has 104 valence electrons. The van der Waals surface area contributed by atoms with Gasteiger partial charge in [0.15, 0.2) is 0 Å². The predicted octanol–water partition coefficient (Wildman–Crippen LogP) is 3.01. The predicted molar refractivity (Wildman–Crippen MR) is 77.2 cm³/mol. The van der Waals surface area contributed by atoms with Crippen LogP contribution >= 0.6 is 0 Å². The van der Waals surface area contributed by atoms with Crippen molar-refractivity contribution in [2.24, 2.45) is 0 Å². The molecule has 0 atom stereocenters. The SMILES string of the molecule is CCOC(=O)c1c(C)nc(C)nc1Nc1ccccc1. The number of hydrogen-bond donors (Lipinski definition) is 1. The lowest BCUT2D eigenvalue weighted by Crippen LogP contribution is -2.13. The van der Waals surface area contributed by atoms with Crippen molar-refractivity contribution in [1.29, 1.82) is 0 Å². The van der Waals surface area contributed by atoms with E-state index in [0.717, 1.165) is 5.69 Å². The minimum Gasteiger partial charge on any atom is -0.462 e. The number of ether oxygens (including phenoxy) is 1. The molecule has 1 aromatic carbocycles. The van der Waals surface area contributed by atoms with Gasteiger partial charge in [-0.15, -0.1) is 0 Å². The van der Waals surface area contributed by atoms with Gasteiger partial charge >= 0.3 is 5.97 Å². The number of para-hydroxylation sites is 1. The lowest BCUT2D eigenvalue weighted by molar-refractivity contribution is 0.0525. The van der Waals surface area contributed by atoms with Crippen LogP contribution in [0.2, 0.25) is 0 Å². The van der Waals surface area contributed by atoms with Crippen molar-refractivity contribution >= 4 is 17.5 Å². The molecule has 0 saturated heterocycles. The zero-order valence-corrected chi connectivity index (χ0v) is 11.8. The van der Waals surface area contributed by atoms with Gasteiger partial charge in [-0.05, 0) is 32.9 Å². The molecular weight excluding hydrogens is 254 g/mol. The standard InChI is InChI=1S/C15H17N3O2/c1-4-20-15(19)13-10(2)16-11(3)17-14(13)18-12-8-6-5-7-9-12/h5-9H,4H2,1-3H3,(H,16,17,18). The number of esters is 1. The third kappa shape index (κ3) is 3.12. The van der Waals surface area contributed by atoms with Gasteiger partial charge in [-0.1, -0.05) is 18.2 Å². The summed E-state index contributed by atoms with van der Waals surface area (Å²) in [6.07, 6.45) is 0. The smallest absolute Gasteiger partial charge is 0.343 e. The third-order valence-corrected chi connectivity index (χ3v) is 2.72. The van der Waals surface area contributed by atoms with Crippen LogP contribution in [0.25, 0.3) is 0 Å². The Bertz CT molecular complexity index is 612. The molecule has 0 spiro atoms. The Morgan fingerprint density at radius 2 is 1.90 bits per heavy atom. The number of carbonyl (C=O) groups excluding carboxylic acids is 1. The number of nitrogens with one attached hydrogen (secondary N) is 1. The molecule has 0 aliphatic heterocycles. The average molecular weight is 271 g/mol. The first-order valence-electron chi connectivity index (χ1n) is 6.46. The number of nitrogens with zero attached hydrogens (tertiary/aromatic N) is 2. The Balaban J connectivity index is 2.42. The summed E-state index contributed by atoms with van der Waals surface area (Å²) in [6, 6.07) is 9.55. The maximum atomic E-state index is 12.0. The summed E-state index contributed by atoms with van der Waals surface area (Å²) in [5.74, 6) is 0.664. The molecule has 0 aliphatic rings. The Labute approximate surface area is 118 Å². The first-order valence-corrected chi connectivity index (χ1v) is 6.46. The summed E-state index contributed by atoms with van der Waals surface area (Å²) in [4.78, 5) is 20.6. The highest BCUT2D eigenvalue weighted by Gasteiger charge is 2.19. The lowest BCUT2D eigenvalue weighted by Gasteiger charge is -2.13. The highest BCUT2D eigenvalue weighted by Crippen LogP contribution is 2.21. The molecular formula is C15H17N3O2. The second-order valence-electron chi connectivity index (χ2n) is 4.29.